The van der Waals surface area contributed by atoms with Gasteiger partial charge in [-0.3, -0.25) is 4.98 Å². The highest BCUT2D eigenvalue weighted by Gasteiger charge is 2.18. The van der Waals surface area contributed by atoms with Crippen molar-refractivity contribution in [3.63, 3.8) is 0 Å². The molecule has 0 saturated carbocycles. The standard InChI is InChI=1S/C20H22F2N4Si/c1-27(2,3)16-6-7-18(17(21)11-16)26-15-5-4-14(25-12-15)10-13-8-9-24-20(23)19(13)22/h4-9,11-12,26H,10H2,1-3H3,(H2,23,24). The highest BCUT2D eigenvalue weighted by Crippen LogP contribution is 2.21. The van der Waals surface area contributed by atoms with Gasteiger partial charge in [0.2, 0.25) is 0 Å². The summed E-state index contributed by atoms with van der Waals surface area (Å²) in [6.45, 7) is 6.53. The van der Waals surface area contributed by atoms with Crippen molar-refractivity contribution < 1.29 is 8.78 Å². The van der Waals surface area contributed by atoms with Crippen LogP contribution in [0.4, 0.5) is 26.0 Å². The van der Waals surface area contributed by atoms with Crippen LogP contribution in [-0.2, 0) is 6.42 Å². The zero-order chi connectivity index (χ0) is 19.6. The molecule has 0 fully saturated rings. The second-order valence-electron chi connectivity index (χ2n) is 7.45. The normalized spacial score (nSPS) is 11.4. The van der Waals surface area contributed by atoms with E-state index in [4.69, 9.17) is 5.73 Å². The van der Waals surface area contributed by atoms with Crippen molar-refractivity contribution in [2.45, 2.75) is 26.1 Å². The molecule has 0 atom stereocenters. The molecule has 3 N–H and O–H groups in total. The Morgan fingerprint density at radius 1 is 1.04 bits per heavy atom. The summed E-state index contributed by atoms with van der Waals surface area (Å²) < 4.78 is 28.3. The molecule has 2 aromatic heterocycles. The summed E-state index contributed by atoms with van der Waals surface area (Å²) in [7, 11) is -1.56. The molecule has 0 aliphatic rings. The fourth-order valence-electron chi connectivity index (χ4n) is 2.68. The van der Waals surface area contributed by atoms with Crippen LogP contribution in [0.25, 0.3) is 0 Å². The van der Waals surface area contributed by atoms with Gasteiger partial charge in [0, 0.05) is 18.3 Å². The smallest absolute Gasteiger partial charge is 0.168 e. The first-order chi connectivity index (χ1) is 12.7. The number of aromatic nitrogens is 2. The number of benzene rings is 1. The van der Waals surface area contributed by atoms with E-state index in [0.29, 0.717) is 29.1 Å². The van der Waals surface area contributed by atoms with E-state index >= 15 is 0 Å². The summed E-state index contributed by atoms with van der Waals surface area (Å²) in [6, 6.07) is 10.5. The van der Waals surface area contributed by atoms with E-state index in [2.05, 4.69) is 34.9 Å². The number of rotatable bonds is 5. The second-order valence-corrected chi connectivity index (χ2v) is 12.5. The van der Waals surface area contributed by atoms with E-state index in [1.54, 1.807) is 36.5 Å². The minimum absolute atomic E-state index is 0.122. The van der Waals surface area contributed by atoms with Crippen LogP contribution in [-0.4, -0.2) is 18.0 Å². The van der Waals surface area contributed by atoms with Crippen LogP contribution < -0.4 is 16.2 Å². The maximum Gasteiger partial charge on any atom is 0.168 e. The van der Waals surface area contributed by atoms with Crippen LogP contribution >= 0.6 is 0 Å². The number of hydrogen-bond donors (Lipinski definition) is 2. The molecular weight excluding hydrogens is 362 g/mol. The Morgan fingerprint density at radius 2 is 1.81 bits per heavy atom. The number of nitrogen functional groups attached to an aromatic ring is 1. The topological polar surface area (TPSA) is 63.8 Å². The third-order valence-corrected chi connectivity index (χ3v) is 6.35. The average molecular weight is 385 g/mol. The van der Waals surface area contributed by atoms with E-state index < -0.39 is 13.9 Å². The molecular formula is C20H22F2N4Si. The molecule has 140 valence electrons. The molecule has 0 bridgehead atoms. The van der Waals surface area contributed by atoms with E-state index in [1.807, 2.05) is 6.07 Å². The van der Waals surface area contributed by atoms with Gasteiger partial charge in [0.15, 0.2) is 11.6 Å². The molecule has 0 saturated heterocycles. The SMILES string of the molecule is C[Si](C)(C)c1ccc(Nc2ccc(Cc3ccnc(N)c3F)nc2)c(F)c1. The molecule has 3 aromatic rings. The van der Waals surface area contributed by atoms with Crippen molar-refractivity contribution in [2.24, 2.45) is 0 Å². The quantitative estimate of drug-likeness (QED) is 0.647. The zero-order valence-electron chi connectivity index (χ0n) is 15.6. The zero-order valence-corrected chi connectivity index (χ0v) is 16.6. The van der Waals surface area contributed by atoms with Crippen molar-refractivity contribution in [1.29, 1.82) is 0 Å². The van der Waals surface area contributed by atoms with Crippen LogP contribution in [0, 0.1) is 11.6 Å². The molecule has 1 aromatic carbocycles. The van der Waals surface area contributed by atoms with Gasteiger partial charge in [0.1, 0.15) is 5.82 Å². The van der Waals surface area contributed by atoms with E-state index in [-0.39, 0.29) is 11.6 Å². The predicted molar refractivity (Wildman–Crippen MR) is 108 cm³/mol. The molecule has 4 nitrogen and oxygen atoms in total. The lowest BCUT2D eigenvalue weighted by molar-refractivity contribution is 0.612. The summed E-state index contributed by atoms with van der Waals surface area (Å²) in [5, 5.41) is 4.10. The van der Waals surface area contributed by atoms with Gasteiger partial charge >= 0.3 is 0 Å². The Balaban J connectivity index is 1.74. The minimum Gasteiger partial charge on any atom is -0.381 e. The monoisotopic (exact) mass is 384 g/mol. The number of hydrogen-bond acceptors (Lipinski definition) is 4. The second kappa shape index (κ2) is 7.44. The molecule has 7 heteroatoms. The fourth-order valence-corrected chi connectivity index (χ4v) is 3.82. The summed E-state index contributed by atoms with van der Waals surface area (Å²) in [4.78, 5) is 8.03. The van der Waals surface area contributed by atoms with E-state index in [9.17, 15) is 8.78 Å². The van der Waals surface area contributed by atoms with Crippen molar-refractivity contribution in [2.75, 3.05) is 11.1 Å². The molecule has 0 radical (unpaired) electrons. The Hall–Kier alpha value is -2.80. The van der Waals surface area contributed by atoms with Crippen LogP contribution in [0.3, 0.4) is 0 Å². The summed E-state index contributed by atoms with van der Waals surface area (Å²) in [5.74, 6) is -0.928. The lowest BCUT2D eigenvalue weighted by atomic mass is 10.1. The van der Waals surface area contributed by atoms with Gasteiger partial charge in [0.05, 0.1) is 25.6 Å². The van der Waals surface area contributed by atoms with Crippen molar-refractivity contribution in [3.05, 3.63) is 71.7 Å². The average Bonchev–Trinajstić information content (AvgIpc) is 2.61. The molecule has 0 amide bonds. The summed E-state index contributed by atoms with van der Waals surface area (Å²) in [5.41, 5.74) is 7.66. The third kappa shape index (κ3) is 4.49. The first-order valence-corrected chi connectivity index (χ1v) is 12.1. The maximum absolute atomic E-state index is 14.4. The van der Waals surface area contributed by atoms with Crippen LogP contribution in [0.2, 0.25) is 19.6 Å². The number of nitrogens with zero attached hydrogens (tertiary/aromatic N) is 2. The lowest BCUT2D eigenvalue weighted by Gasteiger charge is -2.18. The number of nitrogens with one attached hydrogen (secondary N) is 1. The number of anilines is 3. The third-order valence-electron chi connectivity index (χ3n) is 4.31. The highest BCUT2D eigenvalue weighted by molar-refractivity contribution is 6.88. The number of halogens is 2. The van der Waals surface area contributed by atoms with Crippen molar-refractivity contribution >= 4 is 30.5 Å². The van der Waals surface area contributed by atoms with Crippen LogP contribution in [0.1, 0.15) is 11.3 Å². The Labute approximate surface area is 158 Å². The predicted octanol–water partition coefficient (Wildman–Crippen LogP) is 4.22. The molecule has 0 unspecified atom stereocenters. The molecule has 0 spiro atoms. The summed E-state index contributed by atoms with van der Waals surface area (Å²) >= 11 is 0. The first-order valence-electron chi connectivity index (χ1n) is 8.65. The fraction of sp³-hybridized carbons (Fsp3) is 0.200. The van der Waals surface area contributed by atoms with Crippen LogP contribution in [0.5, 0.6) is 0 Å². The maximum atomic E-state index is 14.4. The minimum atomic E-state index is -1.56. The van der Waals surface area contributed by atoms with Crippen molar-refractivity contribution in [3.8, 4) is 0 Å². The Bertz CT molecular complexity index is 953. The molecule has 27 heavy (non-hydrogen) atoms. The van der Waals surface area contributed by atoms with Gasteiger partial charge in [-0.15, -0.1) is 0 Å². The van der Waals surface area contributed by atoms with Gasteiger partial charge in [-0.2, -0.15) is 0 Å². The summed E-state index contributed by atoms with van der Waals surface area (Å²) in [6.07, 6.45) is 3.37. The van der Waals surface area contributed by atoms with Crippen molar-refractivity contribution in [1.82, 2.24) is 9.97 Å². The van der Waals surface area contributed by atoms with Crippen LogP contribution in [0.15, 0.2) is 48.8 Å². The molecule has 3 rings (SSSR count). The first kappa shape index (κ1) is 19.0. The van der Waals surface area contributed by atoms with Gasteiger partial charge in [0.25, 0.3) is 0 Å². The molecule has 2 heterocycles. The van der Waals surface area contributed by atoms with Gasteiger partial charge in [-0.1, -0.05) is 30.9 Å². The van der Waals surface area contributed by atoms with Gasteiger partial charge in [-0.25, -0.2) is 13.8 Å². The molecule has 0 aliphatic carbocycles. The highest BCUT2D eigenvalue weighted by atomic mass is 28.3. The Morgan fingerprint density at radius 3 is 2.44 bits per heavy atom. The van der Waals surface area contributed by atoms with E-state index in [0.717, 1.165) is 5.19 Å². The lowest BCUT2D eigenvalue weighted by Crippen LogP contribution is -2.37. The van der Waals surface area contributed by atoms with E-state index in [1.165, 1.54) is 6.20 Å². The Kier molecular flexibility index (Phi) is 5.23. The largest absolute Gasteiger partial charge is 0.381 e. The molecule has 0 aliphatic heterocycles. The van der Waals surface area contributed by atoms with Gasteiger partial charge in [-0.05, 0) is 35.9 Å². The van der Waals surface area contributed by atoms with Gasteiger partial charge < -0.3 is 11.1 Å². The number of nitrogens with two attached hydrogens (primary N) is 1. The number of pyridine rings is 2.